The van der Waals surface area contributed by atoms with Crippen LogP contribution in [0.15, 0.2) is 36.4 Å². The number of aromatic carboxylic acids is 1. The maximum atomic E-state index is 12.2. The molecule has 0 spiro atoms. The van der Waals surface area contributed by atoms with Gasteiger partial charge >= 0.3 is 5.97 Å². The van der Waals surface area contributed by atoms with Crippen LogP contribution in [0.5, 0.6) is 11.5 Å². The van der Waals surface area contributed by atoms with Gasteiger partial charge in [-0.1, -0.05) is 12.1 Å². The molecule has 1 aliphatic heterocycles. The Kier molecular flexibility index (Phi) is 5.32. The minimum Gasteiger partial charge on any atom is -0.491 e. The predicted molar refractivity (Wildman–Crippen MR) is 97.7 cm³/mol. The molecule has 7 nitrogen and oxygen atoms in total. The molecular formula is C20H21NO6. The van der Waals surface area contributed by atoms with E-state index in [4.69, 9.17) is 14.6 Å². The number of hydrogen-bond acceptors (Lipinski definition) is 5. The molecule has 2 aromatic rings. The third-order valence-corrected chi connectivity index (χ3v) is 4.52. The first-order valence-electron chi connectivity index (χ1n) is 8.59. The first kappa shape index (κ1) is 18.7. The predicted octanol–water partition coefficient (Wildman–Crippen LogP) is 2.03. The van der Waals surface area contributed by atoms with E-state index < -0.39 is 11.9 Å². The number of benzene rings is 2. The van der Waals surface area contributed by atoms with Gasteiger partial charge in [0.05, 0.1) is 17.7 Å². The van der Waals surface area contributed by atoms with Crippen LogP contribution in [0.25, 0.3) is 0 Å². The van der Waals surface area contributed by atoms with Crippen molar-refractivity contribution < 1.29 is 29.3 Å². The number of amides is 1. The fraction of sp³-hybridized carbons (Fsp3) is 0.300. The van der Waals surface area contributed by atoms with Crippen LogP contribution in [0, 0.1) is 0 Å². The summed E-state index contributed by atoms with van der Waals surface area (Å²) in [6.07, 6.45) is -0.291. The second-order valence-corrected chi connectivity index (χ2v) is 6.27. The van der Waals surface area contributed by atoms with Crippen molar-refractivity contribution in [3.05, 3.63) is 58.7 Å². The second-order valence-electron chi connectivity index (χ2n) is 6.27. The van der Waals surface area contributed by atoms with Crippen LogP contribution in [0.4, 0.5) is 0 Å². The average Bonchev–Trinajstić information content (AvgIpc) is 3.00. The van der Waals surface area contributed by atoms with Crippen molar-refractivity contribution in [2.24, 2.45) is 0 Å². The summed E-state index contributed by atoms with van der Waals surface area (Å²) < 4.78 is 11.4. The maximum Gasteiger partial charge on any atom is 0.335 e. The number of ether oxygens (including phenoxy) is 2. The molecule has 1 aliphatic rings. The Labute approximate surface area is 156 Å². The van der Waals surface area contributed by atoms with E-state index in [-0.39, 0.29) is 36.4 Å². The Bertz CT molecular complexity index is 879. The molecule has 0 saturated carbocycles. The minimum absolute atomic E-state index is 0.0303. The smallest absolute Gasteiger partial charge is 0.335 e. The molecule has 0 bridgehead atoms. The number of aliphatic hydroxyl groups excluding tert-OH is 1. The van der Waals surface area contributed by atoms with Crippen LogP contribution < -0.4 is 14.8 Å². The number of carboxylic acid groups (broad SMARTS) is 1. The lowest BCUT2D eigenvalue weighted by molar-refractivity contribution is 0.0696. The van der Waals surface area contributed by atoms with E-state index in [0.29, 0.717) is 17.1 Å². The van der Waals surface area contributed by atoms with Gasteiger partial charge in [-0.15, -0.1) is 0 Å². The largest absolute Gasteiger partial charge is 0.491 e. The first-order valence-corrected chi connectivity index (χ1v) is 8.59. The number of rotatable bonds is 6. The highest BCUT2D eigenvalue weighted by Gasteiger charge is 2.36. The van der Waals surface area contributed by atoms with E-state index in [1.54, 1.807) is 12.1 Å². The number of aliphatic hydroxyl groups is 1. The highest BCUT2D eigenvalue weighted by molar-refractivity contribution is 6.00. The van der Waals surface area contributed by atoms with Gasteiger partial charge in [-0.2, -0.15) is 0 Å². The molecule has 0 fully saturated rings. The molecule has 1 heterocycles. The van der Waals surface area contributed by atoms with E-state index in [1.807, 2.05) is 25.1 Å². The normalized spacial score (nSPS) is 17.7. The quantitative estimate of drug-likeness (QED) is 0.718. The SMILES string of the molecule is CNC(=O)c1cc(C(=O)O)cc2c1O[C@H](C)[C@H]2c1cccc(OCCO)c1. The Hall–Kier alpha value is -3.06. The van der Waals surface area contributed by atoms with Gasteiger partial charge < -0.3 is 25.0 Å². The summed E-state index contributed by atoms with van der Waals surface area (Å²) in [5, 5.41) is 20.9. The van der Waals surface area contributed by atoms with E-state index in [9.17, 15) is 14.7 Å². The molecule has 3 N–H and O–H groups in total. The summed E-state index contributed by atoms with van der Waals surface area (Å²) in [5.74, 6) is -0.759. The molecule has 7 heteroatoms. The molecule has 0 unspecified atom stereocenters. The zero-order chi connectivity index (χ0) is 19.6. The summed E-state index contributed by atoms with van der Waals surface area (Å²) in [6, 6.07) is 10.2. The van der Waals surface area contributed by atoms with Crippen molar-refractivity contribution in [2.45, 2.75) is 18.9 Å². The van der Waals surface area contributed by atoms with E-state index >= 15 is 0 Å². The van der Waals surface area contributed by atoms with Crippen LogP contribution in [-0.2, 0) is 0 Å². The Balaban J connectivity index is 2.10. The zero-order valence-corrected chi connectivity index (χ0v) is 15.1. The van der Waals surface area contributed by atoms with Gasteiger partial charge in [0.25, 0.3) is 5.91 Å². The average molecular weight is 371 g/mol. The topological polar surface area (TPSA) is 105 Å². The lowest BCUT2D eigenvalue weighted by atomic mass is 9.87. The zero-order valence-electron chi connectivity index (χ0n) is 15.1. The molecule has 142 valence electrons. The summed E-state index contributed by atoms with van der Waals surface area (Å²) in [5.41, 5.74) is 1.76. The summed E-state index contributed by atoms with van der Waals surface area (Å²) >= 11 is 0. The van der Waals surface area contributed by atoms with E-state index in [1.165, 1.54) is 13.1 Å². The van der Waals surface area contributed by atoms with Crippen LogP contribution in [0.3, 0.4) is 0 Å². The van der Waals surface area contributed by atoms with Crippen LogP contribution in [0.2, 0.25) is 0 Å². The van der Waals surface area contributed by atoms with Crippen molar-refractivity contribution in [1.29, 1.82) is 0 Å². The minimum atomic E-state index is -1.11. The Morgan fingerprint density at radius 1 is 1.26 bits per heavy atom. The number of carbonyl (C=O) groups excluding carboxylic acids is 1. The van der Waals surface area contributed by atoms with Gasteiger partial charge in [0, 0.05) is 18.5 Å². The third-order valence-electron chi connectivity index (χ3n) is 4.52. The van der Waals surface area contributed by atoms with E-state index in [2.05, 4.69) is 5.32 Å². The molecule has 2 atom stereocenters. The molecule has 0 aromatic heterocycles. The fourth-order valence-corrected chi connectivity index (χ4v) is 3.36. The molecule has 1 amide bonds. The molecule has 0 radical (unpaired) electrons. The molecule has 27 heavy (non-hydrogen) atoms. The number of fused-ring (bicyclic) bond motifs is 1. The molecule has 0 saturated heterocycles. The van der Waals surface area contributed by atoms with Crippen molar-refractivity contribution in [3.63, 3.8) is 0 Å². The van der Waals surface area contributed by atoms with Gasteiger partial charge in [-0.25, -0.2) is 4.79 Å². The Morgan fingerprint density at radius 2 is 2.04 bits per heavy atom. The highest BCUT2D eigenvalue weighted by atomic mass is 16.5. The van der Waals surface area contributed by atoms with Gasteiger partial charge in [-0.3, -0.25) is 4.79 Å². The van der Waals surface area contributed by atoms with Crippen LogP contribution in [-0.4, -0.2) is 48.5 Å². The standard InChI is InChI=1S/C20H21NO6/c1-11-17(12-4-3-5-14(8-12)26-7-6-22)15-9-13(20(24)25)10-16(18(15)27-11)19(23)21-2/h3-5,8-11,17,22H,6-7H2,1-2H3,(H,21,23)(H,24,25)/t11-,17+/m1/s1. The van der Waals surface area contributed by atoms with Crippen molar-refractivity contribution in [1.82, 2.24) is 5.32 Å². The van der Waals surface area contributed by atoms with Gasteiger partial charge in [0.15, 0.2) is 0 Å². The monoisotopic (exact) mass is 371 g/mol. The van der Waals surface area contributed by atoms with Gasteiger partial charge in [-0.05, 0) is 36.8 Å². The number of carbonyl (C=O) groups is 2. The lowest BCUT2D eigenvalue weighted by Gasteiger charge is -2.16. The van der Waals surface area contributed by atoms with Crippen molar-refractivity contribution in [2.75, 3.05) is 20.3 Å². The van der Waals surface area contributed by atoms with Gasteiger partial charge in [0.1, 0.15) is 24.2 Å². The summed E-state index contributed by atoms with van der Waals surface area (Å²) in [4.78, 5) is 23.8. The fourth-order valence-electron chi connectivity index (χ4n) is 3.36. The lowest BCUT2D eigenvalue weighted by Crippen LogP contribution is -2.19. The Morgan fingerprint density at radius 3 is 2.70 bits per heavy atom. The summed E-state index contributed by atoms with van der Waals surface area (Å²) in [6.45, 7) is 1.97. The molecule has 3 rings (SSSR count). The molecule has 2 aromatic carbocycles. The molecule has 0 aliphatic carbocycles. The molecular weight excluding hydrogens is 350 g/mol. The van der Waals surface area contributed by atoms with Crippen molar-refractivity contribution in [3.8, 4) is 11.5 Å². The number of nitrogens with one attached hydrogen (secondary N) is 1. The van der Waals surface area contributed by atoms with E-state index in [0.717, 1.165) is 5.56 Å². The third kappa shape index (κ3) is 3.59. The van der Waals surface area contributed by atoms with Gasteiger partial charge in [0.2, 0.25) is 0 Å². The second kappa shape index (κ2) is 7.67. The number of hydrogen-bond donors (Lipinski definition) is 3. The van der Waals surface area contributed by atoms with Crippen LogP contribution >= 0.6 is 0 Å². The highest BCUT2D eigenvalue weighted by Crippen LogP contribution is 2.45. The first-order chi connectivity index (χ1) is 13.0. The number of carboxylic acids is 1. The maximum absolute atomic E-state index is 12.2. The van der Waals surface area contributed by atoms with Crippen LogP contribution in [0.1, 0.15) is 44.7 Å². The summed E-state index contributed by atoms with van der Waals surface area (Å²) in [7, 11) is 1.49. The van der Waals surface area contributed by atoms with Crippen molar-refractivity contribution >= 4 is 11.9 Å².